The van der Waals surface area contributed by atoms with Crippen LogP contribution in [0.25, 0.3) is 5.69 Å². The minimum atomic E-state index is -0.226. The van der Waals surface area contributed by atoms with Gasteiger partial charge in [-0.25, -0.2) is 4.68 Å². The van der Waals surface area contributed by atoms with E-state index in [4.69, 9.17) is 4.74 Å². The van der Waals surface area contributed by atoms with Crippen LogP contribution in [0.2, 0.25) is 0 Å². The summed E-state index contributed by atoms with van der Waals surface area (Å²) in [5, 5.41) is 10.3. The van der Waals surface area contributed by atoms with Gasteiger partial charge in [0, 0.05) is 38.0 Å². The second-order valence-electron chi connectivity index (χ2n) is 7.80. The summed E-state index contributed by atoms with van der Waals surface area (Å²) in [6, 6.07) is 9.82. The van der Waals surface area contributed by atoms with Gasteiger partial charge in [-0.15, -0.1) is 0 Å². The Morgan fingerprint density at radius 3 is 2.36 bits per heavy atom. The van der Waals surface area contributed by atoms with Crippen molar-refractivity contribution in [2.45, 2.75) is 46.0 Å². The molecule has 0 radical (unpaired) electrons. The minimum absolute atomic E-state index is 0.0999. The second-order valence-corrected chi connectivity index (χ2v) is 7.80. The van der Waals surface area contributed by atoms with Crippen molar-refractivity contribution in [3.8, 4) is 5.69 Å². The van der Waals surface area contributed by atoms with Gasteiger partial charge in [0.2, 0.25) is 11.8 Å². The molecule has 0 saturated carbocycles. The van der Waals surface area contributed by atoms with E-state index < -0.39 is 0 Å². The Kier molecular flexibility index (Phi) is 7.34. The number of amides is 2. The van der Waals surface area contributed by atoms with Crippen molar-refractivity contribution in [2.75, 3.05) is 25.6 Å². The third kappa shape index (κ3) is 6.20. The molecule has 1 heterocycles. The number of aromatic nitrogens is 2. The summed E-state index contributed by atoms with van der Waals surface area (Å²) in [5.74, 6) is 0.198. The van der Waals surface area contributed by atoms with Crippen LogP contribution in [0, 0.1) is 6.92 Å². The maximum atomic E-state index is 12.4. The third-order valence-electron chi connectivity index (χ3n) is 4.23. The van der Waals surface area contributed by atoms with E-state index in [1.165, 1.54) is 0 Å². The fourth-order valence-electron chi connectivity index (χ4n) is 2.53. The molecule has 0 saturated heterocycles. The summed E-state index contributed by atoms with van der Waals surface area (Å²) in [6.45, 7) is 9.13. The molecule has 2 aromatic rings. The van der Waals surface area contributed by atoms with Crippen LogP contribution in [-0.4, -0.2) is 41.9 Å². The van der Waals surface area contributed by atoms with E-state index in [-0.39, 0.29) is 30.1 Å². The Balaban J connectivity index is 2.11. The number of aryl methyl sites for hydroxylation is 1. The highest BCUT2D eigenvalue weighted by Crippen LogP contribution is 2.26. The zero-order chi connectivity index (χ0) is 20.7. The van der Waals surface area contributed by atoms with Gasteiger partial charge in [-0.1, -0.05) is 38.5 Å². The molecule has 2 rings (SSSR count). The lowest BCUT2D eigenvalue weighted by Crippen LogP contribution is -2.28. The predicted molar refractivity (Wildman–Crippen MR) is 110 cm³/mol. The molecule has 1 aromatic carbocycles. The van der Waals surface area contributed by atoms with Crippen LogP contribution in [0.5, 0.6) is 0 Å². The lowest BCUT2D eigenvalue weighted by atomic mass is 9.92. The highest BCUT2D eigenvalue weighted by atomic mass is 16.5. The first-order valence-electron chi connectivity index (χ1n) is 9.44. The molecule has 2 amide bonds. The first kappa shape index (κ1) is 21.6. The summed E-state index contributed by atoms with van der Waals surface area (Å²) in [7, 11) is 1.57. The van der Waals surface area contributed by atoms with E-state index >= 15 is 0 Å². The Morgan fingerprint density at radius 2 is 1.75 bits per heavy atom. The fourth-order valence-corrected chi connectivity index (χ4v) is 2.53. The lowest BCUT2D eigenvalue weighted by molar-refractivity contribution is -0.124. The van der Waals surface area contributed by atoms with Gasteiger partial charge < -0.3 is 15.4 Å². The molecule has 0 aliphatic carbocycles. The number of ether oxygens (including phenoxy) is 1. The molecular weight excluding hydrogens is 356 g/mol. The summed E-state index contributed by atoms with van der Waals surface area (Å²) < 4.78 is 6.62. The highest BCUT2D eigenvalue weighted by Gasteiger charge is 2.21. The van der Waals surface area contributed by atoms with Gasteiger partial charge >= 0.3 is 0 Å². The molecule has 0 atom stereocenters. The highest BCUT2D eigenvalue weighted by molar-refractivity contribution is 5.92. The Bertz CT molecular complexity index is 804. The lowest BCUT2D eigenvalue weighted by Gasteiger charge is -2.14. The summed E-state index contributed by atoms with van der Waals surface area (Å²) >= 11 is 0. The molecule has 0 fully saturated rings. The maximum absolute atomic E-state index is 12.4. The molecule has 0 unspecified atom stereocenters. The van der Waals surface area contributed by atoms with Gasteiger partial charge in [0.1, 0.15) is 5.82 Å². The SMILES string of the molecule is COCCNC(=O)CCC(=O)Nc1cc(C(C)(C)C)nn1-c1ccc(C)cc1. The molecule has 28 heavy (non-hydrogen) atoms. The van der Waals surface area contributed by atoms with Gasteiger partial charge in [0.15, 0.2) is 0 Å². The van der Waals surface area contributed by atoms with E-state index in [2.05, 4.69) is 36.5 Å². The molecule has 0 aliphatic rings. The number of carbonyl (C=O) groups excluding carboxylic acids is 2. The number of anilines is 1. The van der Waals surface area contributed by atoms with E-state index in [1.54, 1.807) is 11.8 Å². The van der Waals surface area contributed by atoms with Crippen molar-refractivity contribution >= 4 is 17.6 Å². The first-order chi connectivity index (χ1) is 13.2. The zero-order valence-corrected chi connectivity index (χ0v) is 17.3. The van der Waals surface area contributed by atoms with E-state index in [1.807, 2.05) is 37.3 Å². The Morgan fingerprint density at radius 1 is 1.11 bits per heavy atom. The van der Waals surface area contributed by atoms with Crippen LogP contribution in [0.15, 0.2) is 30.3 Å². The van der Waals surface area contributed by atoms with Crippen LogP contribution in [-0.2, 0) is 19.7 Å². The van der Waals surface area contributed by atoms with Crippen molar-refractivity contribution in [3.05, 3.63) is 41.6 Å². The Labute approximate surface area is 166 Å². The standard InChI is InChI=1S/C21H30N4O3/c1-15-6-8-16(9-7-15)25-18(14-17(24-25)21(2,3)4)23-20(27)11-10-19(26)22-12-13-28-5/h6-9,14H,10-13H2,1-5H3,(H,22,26)(H,23,27). The van der Waals surface area contributed by atoms with Crippen LogP contribution < -0.4 is 10.6 Å². The molecule has 152 valence electrons. The number of nitrogens with zero attached hydrogens (tertiary/aromatic N) is 2. The number of nitrogens with one attached hydrogen (secondary N) is 2. The van der Waals surface area contributed by atoms with Crippen LogP contribution in [0.4, 0.5) is 5.82 Å². The topological polar surface area (TPSA) is 85.2 Å². The summed E-state index contributed by atoms with van der Waals surface area (Å²) in [6.07, 6.45) is 0.225. The number of hydrogen-bond donors (Lipinski definition) is 2. The zero-order valence-electron chi connectivity index (χ0n) is 17.3. The minimum Gasteiger partial charge on any atom is -0.383 e. The maximum Gasteiger partial charge on any atom is 0.226 e. The van der Waals surface area contributed by atoms with Gasteiger partial charge in [-0.3, -0.25) is 9.59 Å². The largest absolute Gasteiger partial charge is 0.383 e. The molecular formula is C21H30N4O3. The van der Waals surface area contributed by atoms with Crippen molar-refractivity contribution in [1.29, 1.82) is 0 Å². The smallest absolute Gasteiger partial charge is 0.226 e. The molecule has 0 spiro atoms. The first-order valence-corrected chi connectivity index (χ1v) is 9.44. The van der Waals surface area contributed by atoms with Gasteiger partial charge in [-0.05, 0) is 19.1 Å². The second kappa shape index (κ2) is 9.50. The number of methoxy groups -OCH3 is 1. The quantitative estimate of drug-likeness (QED) is 0.683. The molecule has 0 bridgehead atoms. The number of carbonyl (C=O) groups is 2. The average Bonchev–Trinajstić information content (AvgIpc) is 3.05. The monoisotopic (exact) mass is 386 g/mol. The summed E-state index contributed by atoms with van der Waals surface area (Å²) in [4.78, 5) is 24.2. The van der Waals surface area contributed by atoms with Crippen LogP contribution in [0.3, 0.4) is 0 Å². The normalized spacial score (nSPS) is 11.3. The van der Waals surface area contributed by atoms with E-state index in [0.717, 1.165) is 16.9 Å². The molecule has 7 heteroatoms. The molecule has 1 aromatic heterocycles. The van der Waals surface area contributed by atoms with Crippen molar-refractivity contribution in [2.24, 2.45) is 0 Å². The van der Waals surface area contributed by atoms with E-state index in [0.29, 0.717) is 19.0 Å². The molecule has 2 N–H and O–H groups in total. The van der Waals surface area contributed by atoms with Crippen LogP contribution >= 0.6 is 0 Å². The molecule has 7 nitrogen and oxygen atoms in total. The van der Waals surface area contributed by atoms with Crippen molar-refractivity contribution < 1.29 is 14.3 Å². The van der Waals surface area contributed by atoms with Crippen molar-refractivity contribution in [1.82, 2.24) is 15.1 Å². The fraction of sp³-hybridized carbons (Fsp3) is 0.476. The number of benzene rings is 1. The number of hydrogen-bond acceptors (Lipinski definition) is 4. The van der Waals surface area contributed by atoms with Crippen molar-refractivity contribution in [3.63, 3.8) is 0 Å². The van der Waals surface area contributed by atoms with Gasteiger partial charge in [0.05, 0.1) is 18.0 Å². The summed E-state index contributed by atoms with van der Waals surface area (Å²) in [5.41, 5.74) is 2.74. The van der Waals surface area contributed by atoms with Gasteiger partial charge in [0.25, 0.3) is 0 Å². The Hall–Kier alpha value is -2.67. The van der Waals surface area contributed by atoms with Crippen LogP contribution in [0.1, 0.15) is 44.9 Å². The predicted octanol–water partition coefficient (Wildman–Crippen LogP) is 2.96. The third-order valence-corrected chi connectivity index (χ3v) is 4.23. The average molecular weight is 386 g/mol. The van der Waals surface area contributed by atoms with Gasteiger partial charge in [-0.2, -0.15) is 5.10 Å². The molecule has 0 aliphatic heterocycles. The number of rotatable bonds is 8. The van der Waals surface area contributed by atoms with E-state index in [9.17, 15) is 9.59 Å².